The molecule has 1 aromatic carbocycles. The average molecular weight is 266 g/mol. The molecular weight excluding hydrogens is 248 g/mol. The lowest BCUT2D eigenvalue weighted by Crippen LogP contribution is -2.38. The van der Waals surface area contributed by atoms with Crippen LogP contribution in [0.4, 0.5) is 17.1 Å². The fourth-order valence-electron chi connectivity index (χ4n) is 1.74. The molecule has 0 aromatic heterocycles. The Balaban J connectivity index is 3.05. The number of nitrogen functional groups attached to an aromatic ring is 1. The molecule has 1 aromatic rings. The first-order chi connectivity index (χ1) is 8.86. The number of nitro groups is 1. The van der Waals surface area contributed by atoms with Gasteiger partial charge in [0.1, 0.15) is 0 Å². The molecule has 0 heterocycles. The fourth-order valence-corrected chi connectivity index (χ4v) is 1.74. The molecule has 1 rings (SSSR count). The number of hydrogen-bond donors (Lipinski definition) is 1. The molecule has 104 valence electrons. The predicted molar refractivity (Wildman–Crippen MR) is 74.1 cm³/mol. The summed E-state index contributed by atoms with van der Waals surface area (Å²) in [6.45, 7) is 2.54. The summed E-state index contributed by atoms with van der Waals surface area (Å²) in [6, 6.07) is 4.11. The minimum absolute atomic E-state index is 0.0858. The molecule has 0 saturated heterocycles. The van der Waals surface area contributed by atoms with E-state index in [1.165, 1.54) is 23.1 Å². The van der Waals surface area contributed by atoms with Crippen LogP contribution in [0.25, 0.3) is 0 Å². The smallest absolute Gasteiger partial charge is 0.271 e. The third kappa shape index (κ3) is 3.65. The Morgan fingerprint density at radius 2 is 2.05 bits per heavy atom. The standard InChI is InChI=1S/C12H18N4O3/c1-4-15(12(17)8-14(2)3)11-6-5-9(16(18)19)7-10(11)13/h5-7H,4,8,13H2,1-3H3. The molecule has 0 atom stereocenters. The van der Waals surface area contributed by atoms with Gasteiger partial charge >= 0.3 is 0 Å². The highest BCUT2D eigenvalue weighted by Crippen LogP contribution is 2.27. The second-order valence-corrected chi connectivity index (χ2v) is 4.38. The topological polar surface area (TPSA) is 92.7 Å². The largest absolute Gasteiger partial charge is 0.397 e. The second kappa shape index (κ2) is 6.14. The van der Waals surface area contributed by atoms with Gasteiger partial charge in [0.05, 0.1) is 22.8 Å². The first-order valence-electron chi connectivity index (χ1n) is 5.85. The van der Waals surface area contributed by atoms with E-state index in [1.54, 1.807) is 19.0 Å². The van der Waals surface area contributed by atoms with E-state index in [1.807, 2.05) is 6.92 Å². The molecule has 19 heavy (non-hydrogen) atoms. The molecule has 0 bridgehead atoms. The Morgan fingerprint density at radius 1 is 1.42 bits per heavy atom. The van der Waals surface area contributed by atoms with Crippen LogP contribution in [-0.4, -0.2) is 42.9 Å². The summed E-state index contributed by atoms with van der Waals surface area (Å²) >= 11 is 0. The summed E-state index contributed by atoms with van der Waals surface area (Å²) in [7, 11) is 3.59. The SMILES string of the molecule is CCN(C(=O)CN(C)C)c1ccc([N+](=O)[O-])cc1N. The van der Waals surface area contributed by atoms with E-state index in [0.29, 0.717) is 12.2 Å². The molecule has 7 nitrogen and oxygen atoms in total. The molecule has 0 unspecified atom stereocenters. The maximum atomic E-state index is 12.1. The molecule has 0 aliphatic heterocycles. The number of anilines is 2. The zero-order chi connectivity index (χ0) is 14.6. The lowest BCUT2D eigenvalue weighted by Gasteiger charge is -2.24. The average Bonchev–Trinajstić information content (AvgIpc) is 2.30. The number of carbonyl (C=O) groups excluding carboxylic acids is 1. The lowest BCUT2D eigenvalue weighted by atomic mass is 10.2. The van der Waals surface area contributed by atoms with Crippen molar-refractivity contribution in [2.24, 2.45) is 0 Å². The highest BCUT2D eigenvalue weighted by Gasteiger charge is 2.18. The van der Waals surface area contributed by atoms with Gasteiger partial charge in [-0.15, -0.1) is 0 Å². The Kier molecular flexibility index (Phi) is 4.82. The van der Waals surface area contributed by atoms with Crippen LogP contribution in [0.1, 0.15) is 6.92 Å². The summed E-state index contributed by atoms with van der Waals surface area (Å²) in [5.41, 5.74) is 6.43. The first-order valence-corrected chi connectivity index (χ1v) is 5.85. The van der Waals surface area contributed by atoms with Crippen LogP contribution in [0.5, 0.6) is 0 Å². The van der Waals surface area contributed by atoms with Crippen molar-refractivity contribution >= 4 is 23.0 Å². The van der Waals surface area contributed by atoms with Gasteiger partial charge in [0, 0.05) is 18.7 Å². The van der Waals surface area contributed by atoms with Gasteiger partial charge in [0.15, 0.2) is 0 Å². The highest BCUT2D eigenvalue weighted by atomic mass is 16.6. The van der Waals surface area contributed by atoms with Crippen molar-refractivity contribution in [1.82, 2.24) is 4.90 Å². The quantitative estimate of drug-likeness (QED) is 0.489. The van der Waals surface area contributed by atoms with Crippen molar-refractivity contribution in [2.45, 2.75) is 6.92 Å². The van der Waals surface area contributed by atoms with E-state index in [4.69, 9.17) is 5.73 Å². The zero-order valence-electron chi connectivity index (χ0n) is 11.3. The van der Waals surface area contributed by atoms with Gasteiger partial charge < -0.3 is 15.5 Å². The maximum absolute atomic E-state index is 12.1. The van der Waals surface area contributed by atoms with E-state index in [-0.39, 0.29) is 23.8 Å². The number of likely N-dealkylation sites (N-methyl/N-ethyl adjacent to an activating group) is 2. The van der Waals surface area contributed by atoms with E-state index >= 15 is 0 Å². The Labute approximate surface area is 111 Å². The summed E-state index contributed by atoms with van der Waals surface area (Å²) in [6.07, 6.45) is 0. The van der Waals surface area contributed by atoms with Crippen molar-refractivity contribution in [1.29, 1.82) is 0 Å². The van der Waals surface area contributed by atoms with Gasteiger partial charge in [-0.25, -0.2) is 0 Å². The second-order valence-electron chi connectivity index (χ2n) is 4.38. The van der Waals surface area contributed by atoms with Crippen molar-refractivity contribution in [3.05, 3.63) is 28.3 Å². The number of nitrogens with zero attached hydrogens (tertiary/aromatic N) is 3. The van der Waals surface area contributed by atoms with Crippen molar-refractivity contribution < 1.29 is 9.72 Å². The minimum atomic E-state index is -0.516. The summed E-state index contributed by atoms with van der Waals surface area (Å²) in [5.74, 6) is -0.104. The Morgan fingerprint density at radius 3 is 2.47 bits per heavy atom. The van der Waals surface area contributed by atoms with E-state index in [0.717, 1.165) is 0 Å². The van der Waals surface area contributed by atoms with Crippen molar-refractivity contribution in [2.75, 3.05) is 37.8 Å². The number of carbonyl (C=O) groups is 1. The molecule has 2 N–H and O–H groups in total. The van der Waals surface area contributed by atoms with Gasteiger partial charge in [-0.05, 0) is 27.1 Å². The van der Waals surface area contributed by atoms with Crippen LogP contribution >= 0.6 is 0 Å². The van der Waals surface area contributed by atoms with Gasteiger partial charge in [-0.3, -0.25) is 14.9 Å². The number of rotatable bonds is 5. The molecule has 0 aliphatic rings. The predicted octanol–water partition coefficient (Wildman–Crippen LogP) is 1.09. The molecule has 0 saturated carbocycles. The van der Waals surface area contributed by atoms with E-state index < -0.39 is 4.92 Å². The number of non-ortho nitro benzene ring substituents is 1. The maximum Gasteiger partial charge on any atom is 0.271 e. The molecule has 0 aliphatic carbocycles. The van der Waals surface area contributed by atoms with Crippen LogP contribution in [0.15, 0.2) is 18.2 Å². The lowest BCUT2D eigenvalue weighted by molar-refractivity contribution is -0.384. The van der Waals surface area contributed by atoms with Gasteiger partial charge in [0.2, 0.25) is 5.91 Å². The van der Waals surface area contributed by atoms with Crippen LogP contribution in [0.3, 0.4) is 0 Å². The number of benzene rings is 1. The van der Waals surface area contributed by atoms with Crippen molar-refractivity contribution in [3.8, 4) is 0 Å². The van der Waals surface area contributed by atoms with Crippen molar-refractivity contribution in [3.63, 3.8) is 0 Å². The first kappa shape index (κ1) is 14.9. The highest BCUT2D eigenvalue weighted by molar-refractivity contribution is 5.97. The van der Waals surface area contributed by atoms with Gasteiger partial charge in [0.25, 0.3) is 5.69 Å². The number of nitrogens with two attached hydrogens (primary N) is 1. The summed E-state index contributed by atoms with van der Waals surface area (Å²) in [4.78, 5) is 25.5. The van der Waals surface area contributed by atoms with Crippen LogP contribution in [0, 0.1) is 10.1 Å². The number of nitro benzene ring substituents is 1. The third-order valence-electron chi connectivity index (χ3n) is 2.58. The zero-order valence-corrected chi connectivity index (χ0v) is 11.3. The summed E-state index contributed by atoms with van der Waals surface area (Å²) < 4.78 is 0. The monoisotopic (exact) mass is 266 g/mol. The van der Waals surface area contributed by atoms with Crippen LogP contribution < -0.4 is 10.6 Å². The molecule has 0 spiro atoms. The van der Waals surface area contributed by atoms with Gasteiger partial charge in [-0.2, -0.15) is 0 Å². The molecule has 0 fully saturated rings. The summed E-state index contributed by atoms with van der Waals surface area (Å²) in [5, 5.41) is 10.6. The number of amides is 1. The fraction of sp³-hybridized carbons (Fsp3) is 0.417. The normalized spacial score (nSPS) is 10.5. The van der Waals surface area contributed by atoms with E-state index in [2.05, 4.69) is 0 Å². The molecule has 1 amide bonds. The Bertz CT molecular complexity index is 488. The molecule has 7 heteroatoms. The molecule has 0 radical (unpaired) electrons. The number of hydrogen-bond acceptors (Lipinski definition) is 5. The van der Waals surface area contributed by atoms with Crippen LogP contribution in [-0.2, 0) is 4.79 Å². The Hall–Kier alpha value is -2.15. The van der Waals surface area contributed by atoms with Gasteiger partial charge in [-0.1, -0.05) is 0 Å². The molecular formula is C12H18N4O3. The van der Waals surface area contributed by atoms with E-state index in [9.17, 15) is 14.9 Å². The minimum Gasteiger partial charge on any atom is -0.397 e. The van der Waals surface area contributed by atoms with Crippen LogP contribution in [0.2, 0.25) is 0 Å². The third-order valence-corrected chi connectivity index (χ3v) is 2.58.